The van der Waals surface area contributed by atoms with Crippen molar-refractivity contribution in [1.82, 2.24) is 0 Å². The van der Waals surface area contributed by atoms with Crippen molar-refractivity contribution >= 4 is 17.5 Å². The summed E-state index contributed by atoms with van der Waals surface area (Å²) in [5, 5.41) is 0. The summed E-state index contributed by atoms with van der Waals surface area (Å²) in [6, 6.07) is 17.7. The van der Waals surface area contributed by atoms with Crippen LogP contribution in [0.3, 0.4) is 0 Å². The summed E-state index contributed by atoms with van der Waals surface area (Å²) < 4.78 is 11.9. The van der Waals surface area contributed by atoms with Crippen LogP contribution in [-0.2, 0) is 20.7 Å². The molecule has 0 aromatic heterocycles. The Hall–Kier alpha value is -3.21. The van der Waals surface area contributed by atoms with Crippen LogP contribution in [0.25, 0.3) is 0 Å². The molecule has 1 aliphatic carbocycles. The number of carbonyl (C=O) groups is 2. The van der Waals surface area contributed by atoms with Crippen molar-refractivity contribution in [2.75, 3.05) is 13.2 Å². The van der Waals surface area contributed by atoms with Crippen LogP contribution in [0.15, 0.2) is 70.9 Å². The fourth-order valence-corrected chi connectivity index (χ4v) is 4.90. The average Bonchev–Trinajstić information content (AvgIpc) is 2.84. The van der Waals surface area contributed by atoms with Gasteiger partial charge in [-0.2, -0.15) is 0 Å². The maximum absolute atomic E-state index is 13.4. The van der Waals surface area contributed by atoms with Gasteiger partial charge in [-0.05, 0) is 37.8 Å². The maximum atomic E-state index is 13.4. The van der Waals surface area contributed by atoms with Crippen molar-refractivity contribution in [3.63, 3.8) is 0 Å². The number of ketones is 1. The largest absolute Gasteiger partial charge is 0.493 e. The molecular weight excluding hydrogens is 426 g/mol. The zero-order chi connectivity index (χ0) is 23.9. The van der Waals surface area contributed by atoms with Crippen LogP contribution < -0.4 is 4.74 Å². The van der Waals surface area contributed by atoms with Crippen molar-refractivity contribution in [3.05, 3.63) is 77.0 Å². The number of nitrogens with zero attached hydrogens (tertiary/aromatic N) is 1. The van der Waals surface area contributed by atoms with E-state index in [2.05, 4.69) is 6.92 Å². The van der Waals surface area contributed by atoms with E-state index in [0.717, 1.165) is 48.3 Å². The normalized spacial score (nSPS) is 19.9. The van der Waals surface area contributed by atoms with Gasteiger partial charge in [-0.25, -0.2) is 4.79 Å². The Morgan fingerprint density at radius 1 is 1.00 bits per heavy atom. The molecule has 4 rings (SSSR count). The van der Waals surface area contributed by atoms with E-state index < -0.39 is 17.8 Å². The van der Waals surface area contributed by atoms with Crippen LogP contribution in [-0.4, -0.2) is 30.7 Å². The minimum absolute atomic E-state index is 0.139. The first-order valence-electron chi connectivity index (χ1n) is 12.3. The Morgan fingerprint density at radius 2 is 1.76 bits per heavy atom. The molecule has 1 heterocycles. The smallest absolute Gasteiger partial charge is 0.336 e. The highest BCUT2D eigenvalue weighted by molar-refractivity contribution is 6.11. The molecule has 1 fully saturated rings. The lowest BCUT2D eigenvalue weighted by atomic mass is 9.69. The second-order valence-corrected chi connectivity index (χ2v) is 8.99. The van der Waals surface area contributed by atoms with Crippen molar-refractivity contribution in [2.45, 2.75) is 58.3 Å². The number of fused-ring (bicyclic) bond motifs is 1. The van der Waals surface area contributed by atoms with Crippen LogP contribution in [0.5, 0.6) is 5.75 Å². The van der Waals surface area contributed by atoms with Gasteiger partial charge in [-0.3, -0.25) is 9.79 Å². The predicted molar refractivity (Wildman–Crippen MR) is 133 cm³/mol. The Labute approximate surface area is 201 Å². The molecule has 34 heavy (non-hydrogen) atoms. The number of esters is 1. The molecule has 5 nitrogen and oxygen atoms in total. The first-order chi connectivity index (χ1) is 16.6. The van der Waals surface area contributed by atoms with Gasteiger partial charge in [0.05, 0.1) is 24.7 Å². The molecule has 0 radical (unpaired) electrons. The van der Waals surface area contributed by atoms with Gasteiger partial charge in [0.15, 0.2) is 0 Å². The molecule has 0 spiro atoms. The molecule has 2 aromatic rings. The van der Waals surface area contributed by atoms with E-state index in [9.17, 15) is 9.59 Å². The summed E-state index contributed by atoms with van der Waals surface area (Å²) >= 11 is 0. The fraction of sp³-hybridized carbons (Fsp3) is 0.414. The number of ether oxygens (including phenoxy) is 2. The van der Waals surface area contributed by atoms with Gasteiger partial charge >= 0.3 is 5.97 Å². The van der Waals surface area contributed by atoms with Crippen molar-refractivity contribution in [3.8, 4) is 5.75 Å². The third-order valence-electron chi connectivity index (χ3n) is 6.60. The number of Topliss-reactive ketones (excluding diaryl/α,β-unsaturated/α-hetero) is 1. The van der Waals surface area contributed by atoms with Crippen molar-refractivity contribution in [2.24, 2.45) is 10.9 Å². The number of hydrogen-bond acceptors (Lipinski definition) is 5. The molecule has 1 aliphatic heterocycles. The van der Waals surface area contributed by atoms with Gasteiger partial charge in [-0.15, -0.1) is 0 Å². The highest BCUT2D eigenvalue weighted by atomic mass is 16.5. The topological polar surface area (TPSA) is 65.0 Å². The van der Waals surface area contributed by atoms with Gasteiger partial charge in [0, 0.05) is 35.7 Å². The lowest BCUT2D eigenvalue weighted by Crippen LogP contribution is -2.39. The molecule has 0 N–H and O–H groups in total. The molecule has 1 unspecified atom stereocenters. The van der Waals surface area contributed by atoms with Crippen molar-refractivity contribution < 1.29 is 19.1 Å². The molecule has 0 amide bonds. The molecule has 0 saturated heterocycles. The molecule has 5 heteroatoms. The lowest BCUT2D eigenvalue weighted by molar-refractivity contribution is -0.139. The maximum Gasteiger partial charge on any atom is 0.336 e. The first kappa shape index (κ1) is 23.9. The lowest BCUT2D eigenvalue weighted by Gasteiger charge is -2.36. The Balaban J connectivity index is 1.66. The number of aliphatic imine (C=N–C) groups is 1. The van der Waals surface area contributed by atoms with E-state index in [1.54, 1.807) is 0 Å². The van der Waals surface area contributed by atoms with E-state index in [0.29, 0.717) is 30.7 Å². The zero-order valence-corrected chi connectivity index (χ0v) is 20.1. The molecule has 2 aromatic carbocycles. The Bertz CT molecular complexity index is 1090. The summed E-state index contributed by atoms with van der Waals surface area (Å²) in [5.41, 5.74) is 3.96. The molecule has 0 bridgehead atoms. The third kappa shape index (κ3) is 5.30. The fourth-order valence-electron chi connectivity index (χ4n) is 4.90. The number of rotatable bonds is 9. The highest BCUT2D eigenvalue weighted by Crippen LogP contribution is 2.45. The summed E-state index contributed by atoms with van der Waals surface area (Å²) in [6.07, 6.45) is 4.70. The monoisotopic (exact) mass is 459 g/mol. The zero-order valence-electron chi connectivity index (χ0n) is 20.1. The number of hydrogen-bond donors (Lipinski definition) is 0. The van der Waals surface area contributed by atoms with Crippen LogP contribution in [0.1, 0.15) is 63.0 Å². The average molecular weight is 460 g/mol. The second kappa shape index (κ2) is 11.3. The minimum Gasteiger partial charge on any atom is -0.493 e. The van der Waals surface area contributed by atoms with Crippen LogP contribution in [0.2, 0.25) is 0 Å². The molecule has 178 valence electrons. The van der Waals surface area contributed by atoms with E-state index in [4.69, 9.17) is 14.5 Å². The Morgan fingerprint density at radius 3 is 2.56 bits per heavy atom. The van der Waals surface area contributed by atoms with Crippen LogP contribution in [0, 0.1) is 5.92 Å². The van der Waals surface area contributed by atoms with E-state index in [1.165, 1.54) is 0 Å². The number of carbonyl (C=O) groups excluding carboxylic acids is 2. The highest BCUT2D eigenvalue weighted by Gasteiger charge is 2.44. The number of allylic oxidation sites excluding steroid dienone is 1. The van der Waals surface area contributed by atoms with Crippen molar-refractivity contribution in [1.29, 1.82) is 0 Å². The summed E-state index contributed by atoms with van der Waals surface area (Å²) in [7, 11) is 0. The number of para-hydroxylation sites is 1. The van der Waals surface area contributed by atoms with Gasteiger partial charge in [-0.1, -0.05) is 61.9 Å². The van der Waals surface area contributed by atoms with E-state index in [-0.39, 0.29) is 12.4 Å². The molecule has 2 atom stereocenters. The third-order valence-corrected chi connectivity index (χ3v) is 6.60. The minimum atomic E-state index is -0.442. The van der Waals surface area contributed by atoms with Gasteiger partial charge < -0.3 is 9.47 Å². The number of benzene rings is 2. The first-order valence-corrected chi connectivity index (χ1v) is 12.3. The van der Waals surface area contributed by atoms with Crippen LogP contribution >= 0.6 is 0 Å². The molecule has 1 saturated carbocycles. The van der Waals surface area contributed by atoms with Gasteiger partial charge in [0.1, 0.15) is 11.5 Å². The standard InChI is InChI=1S/C29H33NO4/c1-3-4-18-33-25-16-9-8-13-22(25)27-26(20(2)30-23-14-10-15-24(31)28(23)27)29(32)34-19-17-21-11-6-5-7-12-21/h5-9,11-13,16,27-28H,3-4,10,14-15,17-19H2,1-2H3/t27-,28?/m0/s1. The number of unbranched alkanes of at least 4 members (excludes halogenated alkanes) is 1. The Kier molecular flexibility index (Phi) is 7.94. The predicted octanol–water partition coefficient (Wildman–Crippen LogP) is 5.83. The van der Waals surface area contributed by atoms with E-state index >= 15 is 0 Å². The molecular formula is C29H33NO4. The van der Waals surface area contributed by atoms with E-state index in [1.807, 2.05) is 61.5 Å². The quantitative estimate of drug-likeness (QED) is 0.349. The van der Waals surface area contributed by atoms with Gasteiger partial charge in [0.25, 0.3) is 0 Å². The molecule has 2 aliphatic rings. The summed E-state index contributed by atoms with van der Waals surface area (Å²) in [5.74, 6) is -0.418. The summed E-state index contributed by atoms with van der Waals surface area (Å²) in [4.78, 5) is 31.3. The summed E-state index contributed by atoms with van der Waals surface area (Å²) in [6.45, 7) is 4.84. The SMILES string of the molecule is CCCCOc1ccccc1[C@H]1C(C(=O)OCCc2ccccc2)=C(C)N=C2CCCC(=O)C21. The second-order valence-electron chi connectivity index (χ2n) is 8.99. The van der Waals surface area contributed by atoms with Crippen LogP contribution in [0.4, 0.5) is 0 Å². The van der Waals surface area contributed by atoms with Gasteiger partial charge in [0.2, 0.25) is 0 Å².